The Morgan fingerprint density at radius 1 is 1.48 bits per heavy atom. The first-order valence-electron chi connectivity index (χ1n) is 5.89. The van der Waals surface area contributed by atoms with Crippen LogP contribution in [0.25, 0.3) is 0 Å². The molecule has 11 heteroatoms. The third-order valence-electron chi connectivity index (χ3n) is 3.16. The van der Waals surface area contributed by atoms with E-state index in [9.17, 15) is 26.7 Å². The molecule has 1 aromatic rings. The standard InChI is InChI=1S/C10H12F5N5O/c1-4-2-6(9(11,12)10(13,14)15)20-7(17-4)3-5(19-20)8(21)18-16/h3-4,6,17H,2,16H2,1H3,(H,18,21)/t4-,6-/m1/s1. The number of amides is 1. The number of alkyl halides is 5. The number of nitrogens with zero attached hydrogens (tertiary/aromatic N) is 2. The van der Waals surface area contributed by atoms with Gasteiger partial charge in [-0.25, -0.2) is 10.5 Å². The summed E-state index contributed by atoms with van der Waals surface area (Å²) in [5.74, 6) is -1.07. The van der Waals surface area contributed by atoms with Crippen molar-refractivity contribution in [2.75, 3.05) is 5.32 Å². The summed E-state index contributed by atoms with van der Waals surface area (Å²) in [6.07, 6.45) is -6.21. The van der Waals surface area contributed by atoms with Gasteiger partial charge >= 0.3 is 12.1 Å². The van der Waals surface area contributed by atoms with Crippen LogP contribution < -0.4 is 16.6 Å². The molecule has 0 saturated carbocycles. The fourth-order valence-corrected chi connectivity index (χ4v) is 2.16. The summed E-state index contributed by atoms with van der Waals surface area (Å²) in [6, 6.07) is -1.80. The van der Waals surface area contributed by atoms with Gasteiger partial charge in [-0.3, -0.25) is 10.2 Å². The quantitative estimate of drug-likeness (QED) is 0.334. The number of nitrogens with one attached hydrogen (secondary N) is 2. The number of carbonyl (C=O) groups excluding carboxylic acids is 1. The lowest BCUT2D eigenvalue weighted by atomic mass is 9.99. The van der Waals surface area contributed by atoms with Crippen molar-refractivity contribution in [2.24, 2.45) is 5.84 Å². The van der Waals surface area contributed by atoms with Crippen LogP contribution >= 0.6 is 0 Å². The predicted octanol–water partition coefficient (Wildman–Crippen LogP) is 1.43. The highest BCUT2D eigenvalue weighted by Crippen LogP contribution is 2.47. The van der Waals surface area contributed by atoms with E-state index in [0.717, 1.165) is 6.07 Å². The van der Waals surface area contributed by atoms with Crippen molar-refractivity contribution in [1.82, 2.24) is 15.2 Å². The molecule has 118 valence electrons. The van der Waals surface area contributed by atoms with E-state index in [4.69, 9.17) is 5.84 Å². The number of halogens is 5. The van der Waals surface area contributed by atoms with Gasteiger partial charge in [-0.2, -0.15) is 27.1 Å². The highest BCUT2D eigenvalue weighted by molar-refractivity contribution is 5.92. The molecule has 0 aromatic carbocycles. The van der Waals surface area contributed by atoms with E-state index in [1.54, 1.807) is 5.43 Å². The Bertz CT molecular complexity index is 555. The summed E-state index contributed by atoms with van der Waals surface area (Å²) >= 11 is 0. The molecule has 21 heavy (non-hydrogen) atoms. The molecule has 1 aliphatic heterocycles. The van der Waals surface area contributed by atoms with Gasteiger partial charge in [-0.1, -0.05) is 0 Å². The number of nitrogens with two attached hydrogens (primary N) is 1. The van der Waals surface area contributed by atoms with E-state index >= 15 is 0 Å². The minimum Gasteiger partial charge on any atom is -0.368 e. The van der Waals surface area contributed by atoms with E-state index < -0.39 is 36.5 Å². The number of rotatable bonds is 2. The molecule has 0 spiro atoms. The molecule has 2 rings (SSSR count). The molecular weight excluding hydrogens is 301 g/mol. The SMILES string of the molecule is C[C@@H]1C[C@H](C(F)(F)C(F)(F)F)n2nc(C(=O)NN)cc2N1. The average molecular weight is 313 g/mol. The van der Waals surface area contributed by atoms with Crippen molar-refractivity contribution in [3.63, 3.8) is 0 Å². The van der Waals surface area contributed by atoms with E-state index in [1.165, 1.54) is 6.92 Å². The minimum atomic E-state index is -5.71. The normalized spacial score (nSPS) is 22.4. The lowest BCUT2D eigenvalue weighted by molar-refractivity contribution is -0.301. The molecule has 1 aromatic heterocycles. The first-order chi connectivity index (χ1) is 9.57. The molecule has 4 N–H and O–H groups in total. The van der Waals surface area contributed by atoms with Crippen LogP contribution in [0.2, 0.25) is 0 Å². The number of hydrogen-bond donors (Lipinski definition) is 3. The molecule has 0 aliphatic carbocycles. The van der Waals surface area contributed by atoms with Crippen LogP contribution in [0.4, 0.5) is 27.8 Å². The van der Waals surface area contributed by atoms with Crippen molar-refractivity contribution in [1.29, 1.82) is 0 Å². The molecule has 0 unspecified atom stereocenters. The van der Waals surface area contributed by atoms with E-state index in [1.807, 2.05) is 0 Å². The van der Waals surface area contributed by atoms with Crippen LogP contribution in [0, 0.1) is 0 Å². The van der Waals surface area contributed by atoms with Crippen molar-refractivity contribution in [3.05, 3.63) is 11.8 Å². The zero-order valence-corrected chi connectivity index (χ0v) is 10.7. The zero-order chi connectivity index (χ0) is 16.0. The van der Waals surface area contributed by atoms with Gasteiger partial charge in [-0.05, 0) is 13.3 Å². The van der Waals surface area contributed by atoms with E-state index in [-0.39, 0.29) is 11.5 Å². The topological polar surface area (TPSA) is 85.0 Å². The first-order valence-corrected chi connectivity index (χ1v) is 5.89. The fourth-order valence-electron chi connectivity index (χ4n) is 2.16. The maximum atomic E-state index is 13.6. The number of aromatic nitrogens is 2. The van der Waals surface area contributed by atoms with Crippen LogP contribution in [0.3, 0.4) is 0 Å². The predicted molar refractivity (Wildman–Crippen MR) is 61.6 cm³/mol. The van der Waals surface area contributed by atoms with Crippen LogP contribution in [0.1, 0.15) is 29.9 Å². The maximum Gasteiger partial charge on any atom is 0.455 e. The maximum absolute atomic E-state index is 13.6. The van der Waals surface area contributed by atoms with Gasteiger partial charge in [0.15, 0.2) is 5.69 Å². The number of carbonyl (C=O) groups is 1. The van der Waals surface area contributed by atoms with Gasteiger partial charge in [0.25, 0.3) is 5.91 Å². The molecular formula is C10H12F5N5O. The average Bonchev–Trinajstić information content (AvgIpc) is 2.78. The molecule has 0 bridgehead atoms. The Kier molecular flexibility index (Phi) is 3.56. The monoisotopic (exact) mass is 313 g/mol. The van der Waals surface area contributed by atoms with E-state index in [0.29, 0.717) is 4.68 Å². The molecule has 2 heterocycles. The molecule has 1 aliphatic rings. The first kappa shape index (κ1) is 15.5. The Morgan fingerprint density at radius 2 is 2.10 bits per heavy atom. The fraction of sp³-hybridized carbons (Fsp3) is 0.600. The second kappa shape index (κ2) is 4.83. The Hall–Kier alpha value is -1.91. The van der Waals surface area contributed by atoms with Crippen LogP contribution in [0.15, 0.2) is 6.07 Å². The molecule has 2 atom stereocenters. The highest BCUT2D eigenvalue weighted by atomic mass is 19.4. The number of nitrogen functional groups attached to an aromatic ring is 1. The smallest absolute Gasteiger partial charge is 0.368 e. The lowest BCUT2D eigenvalue weighted by Gasteiger charge is -2.35. The molecule has 6 nitrogen and oxygen atoms in total. The summed E-state index contributed by atoms with van der Waals surface area (Å²) in [7, 11) is 0. The number of anilines is 1. The van der Waals surface area contributed by atoms with Gasteiger partial charge < -0.3 is 5.32 Å². The van der Waals surface area contributed by atoms with Gasteiger partial charge in [0.05, 0.1) is 0 Å². The second-order valence-electron chi connectivity index (χ2n) is 4.75. The highest BCUT2D eigenvalue weighted by Gasteiger charge is 2.64. The van der Waals surface area contributed by atoms with Crippen molar-refractivity contribution >= 4 is 11.7 Å². The second-order valence-corrected chi connectivity index (χ2v) is 4.75. The lowest BCUT2D eigenvalue weighted by Crippen LogP contribution is -2.48. The zero-order valence-electron chi connectivity index (χ0n) is 10.7. The Morgan fingerprint density at radius 3 is 2.62 bits per heavy atom. The number of hydrogen-bond acceptors (Lipinski definition) is 4. The van der Waals surface area contributed by atoms with Crippen molar-refractivity contribution < 1.29 is 26.7 Å². The van der Waals surface area contributed by atoms with Gasteiger partial charge in [0.2, 0.25) is 0 Å². The van der Waals surface area contributed by atoms with Gasteiger partial charge in [0, 0.05) is 12.1 Å². The summed E-state index contributed by atoms with van der Waals surface area (Å²) in [5.41, 5.74) is 1.38. The van der Waals surface area contributed by atoms with Crippen LogP contribution in [0.5, 0.6) is 0 Å². The minimum absolute atomic E-state index is 0.0960. The van der Waals surface area contributed by atoms with Gasteiger partial charge in [-0.15, -0.1) is 0 Å². The van der Waals surface area contributed by atoms with E-state index in [2.05, 4.69) is 10.4 Å². The van der Waals surface area contributed by atoms with Crippen molar-refractivity contribution in [3.8, 4) is 0 Å². The number of fused-ring (bicyclic) bond motifs is 1. The third kappa shape index (κ3) is 2.52. The van der Waals surface area contributed by atoms with Crippen molar-refractivity contribution in [2.45, 2.75) is 37.5 Å². The molecule has 1 amide bonds. The summed E-state index contributed by atoms with van der Waals surface area (Å²) in [6.45, 7) is 1.46. The summed E-state index contributed by atoms with van der Waals surface area (Å²) < 4.78 is 65.4. The Balaban J connectivity index is 2.48. The third-order valence-corrected chi connectivity index (χ3v) is 3.16. The summed E-state index contributed by atoms with van der Waals surface area (Å²) in [5, 5.41) is 6.19. The number of hydrazine groups is 1. The van der Waals surface area contributed by atoms with Crippen LogP contribution in [-0.2, 0) is 0 Å². The largest absolute Gasteiger partial charge is 0.455 e. The summed E-state index contributed by atoms with van der Waals surface area (Å²) in [4.78, 5) is 11.3. The van der Waals surface area contributed by atoms with Gasteiger partial charge in [0.1, 0.15) is 11.9 Å². The Labute approximate surface area is 115 Å². The molecule has 0 fully saturated rings. The molecule has 0 radical (unpaired) electrons. The van der Waals surface area contributed by atoms with Crippen LogP contribution in [-0.4, -0.2) is 33.8 Å². The molecule has 0 saturated heterocycles.